The minimum absolute atomic E-state index is 0.0329. The first-order valence-electron chi connectivity index (χ1n) is 8.95. The van der Waals surface area contributed by atoms with Crippen LogP contribution >= 0.6 is 0 Å². The van der Waals surface area contributed by atoms with Crippen molar-refractivity contribution < 1.29 is 13.6 Å². The molecule has 4 rings (SSSR count). The van der Waals surface area contributed by atoms with E-state index in [0.29, 0.717) is 11.1 Å². The van der Waals surface area contributed by atoms with Crippen molar-refractivity contribution >= 4 is 33.6 Å². The van der Waals surface area contributed by atoms with E-state index in [1.165, 1.54) is 0 Å². The number of aromatic nitrogens is 1. The van der Waals surface area contributed by atoms with Gasteiger partial charge < -0.3 is 20.6 Å². The molecular formula is C22H19N3O3S. The molecule has 1 unspecified atom stereocenters. The van der Waals surface area contributed by atoms with Crippen molar-refractivity contribution in [2.45, 2.75) is 0 Å². The van der Waals surface area contributed by atoms with E-state index in [9.17, 15) is 9.00 Å². The normalized spacial score (nSPS) is 12.0. The lowest BCUT2D eigenvalue weighted by molar-refractivity contribution is 0.100. The highest BCUT2D eigenvalue weighted by Gasteiger charge is 2.15. The molecule has 0 bridgehead atoms. The molecular weight excluding hydrogens is 386 g/mol. The standard InChI is InChI=1S/C22H19N3O3S/c23-22(26)19-11-16(14-4-2-1-3-5-14)10-18-20(12-24-21(18)19)15-6-8-17(9-7-15)25-13-29(27)28/h1-12,24-25H,13H2,(H2,23,26)(H,27,28). The van der Waals surface area contributed by atoms with Crippen LogP contribution in [0, 0.1) is 0 Å². The van der Waals surface area contributed by atoms with Crippen molar-refractivity contribution in [1.29, 1.82) is 0 Å². The Kier molecular flexibility index (Phi) is 5.16. The highest BCUT2D eigenvalue weighted by atomic mass is 32.2. The van der Waals surface area contributed by atoms with Gasteiger partial charge in [0.2, 0.25) is 0 Å². The van der Waals surface area contributed by atoms with Gasteiger partial charge in [0.1, 0.15) is 5.88 Å². The molecule has 29 heavy (non-hydrogen) atoms. The third kappa shape index (κ3) is 3.91. The van der Waals surface area contributed by atoms with E-state index in [1.54, 1.807) is 0 Å². The van der Waals surface area contributed by atoms with E-state index < -0.39 is 17.0 Å². The third-order valence-electron chi connectivity index (χ3n) is 4.76. The summed E-state index contributed by atoms with van der Waals surface area (Å²) in [5.41, 5.74) is 11.3. The lowest BCUT2D eigenvalue weighted by atomic mass is 9.96. The molecule has 1 amide bonds. The molecule has 0 saturated carbocycles. The van der Waals surface area contributed by atoms with Gasteiger partial charge in [0.15, 0.2) is 11.1 Å². The van der Waals surface area contributed by atoms with Gasteiger partial charge >= 0.3 is 0 Å². The number of aromatic amines is 1. The quantitative estimate of drug-likeness (QED) is 0.361. The highest BCUT2D eigenvalue weighted by Crippen LogP contribution is 2.34. The van der Waals surface area contributed by atoms with Crippen LogP contribution < -0.4 is 11.1 Å². The molecule has 6 nitrogen and oxygen atoms in total. The van der Waals surface area contributed by atoms with Crippen LogP contribution in [0.5, 0.6) is 0 Å². The van der Waals surface area contributed by atoms with E-state index in [1.807, 2.05) is 72.9 Å². The van der Waals surface area contributed by atoms with Gasteiger partial charge in [-0.05, 0) is 41.0 Å². The van der Waals surface area contributed by atoms with Crippen molar-refractivity contribution in [2.75, 3.05) is 11.2 Å². The van der Waals surface area contributed by atoms with Crippen LogP contribution in [0.15, 0.2) is 72.9 Å². The lowest BCUT2D eigenvalue weighted by Crippen LogP contribution is -2.11. The predicted octanol–water partition coefficient (Wildman–Crippen LogP) is 4.19. The number of carbonyl (C=O) groups excluding carboxylic acids is 1. The van der Waals surface area contributed by atoms with Crippen LogP contribution in [0.1, 0.15) is 10.4 Å². The Bertz CT molecular complexity index is 1200. The van der Waals surface area contributed by atoms with Crippen LogP contribution in [0.4, 0.5) is 5.69 Å². The van der Waals surface area contributed by atoms with Crippen LogP contribution in [0.3, 0.4) is 0 Å². The zero-order valence-electron chi connectivity index (χ0n) is 15.4. The second-order valence-corrected chi connectivity index (χ2v) is 7.53. The Balaban J connectivity index is 1.80. The van der Waals surface area contributed by atoms with E-state index in [4.69, 9.17) is 10.3 Å². The zero-order chi connectivity index (χ0) is 20.4. The van der Waals surface area contributed by atoms with Crippen molar-refractivity contribution in [3.63, 3.8) is 0 Å². The first-order valence-corrected chi connectivity index (χ1v) is 10.2. The molecule has 0 aliphatic rings. The fourth-order valence-corrected chi connectivity index (χ4v) is 3.67. The molecule has 0 radical (unpaired) electrons. The molecule has 0 aliphatic carbocycles. The van der Waals surface area contributed by atoms with E-state index in [0.717, 1.165) is 33.3 Å². The Morgan fingerprint density at radius 1 is 1.00 bits per heavy atom. The van der Waals surface area contributed by atoms with Gasteiger partial charge in [0.05, 0.1) is 11.1 Å². The lowest BCUT2D eigenvalue weighted by Gasteiger charge is -2.08. The maximum absolute atomic E-state index is 12.1. The van der Waals surface area contributed by atoms with Gasteiger partial charge in [-0.1, -0.05) is 42.5 Å². The van der Waals surface area contributed by atoms with Gasteiger partial charge in [-0.3, -0.25) is 4.79 Å². The number of H-pyrrole nitrogens is 1. The Morgan fingerprint density at radius 3 is 2.38 bits per heavy atom. The Hall–Kier alpha value is -3.42. The molecule has 4 aromatic rings. The monoisotopic (exact) mass is 405 g/mol. The van der Waals surface area contributed by atoms with Crippen LogP contribution in [0.25, 0.3) is 33.2 Å². The first kappa shape index (κ1) is 18.9. The van der Waals surface area contributed by atoms with Crippen LogP contribution in [-0.2, 0) is 11.1 Å². The summed E-state index contributed by atoms with van der Waals surface area (Å²) in [5.74, 6) is -0.521. The number of anilines is 1. The molecule has 0 saturated heterocycles. The topological polar surface area (TPSA) is 108 Å². The van der Waals surface area contributed by atoms with E-state index >= 15 is 0 Å². The first-order chi connectivity index (χ1) is 14.0. The number of hydrogen-bond donors (Lipinski definition) is 4. The Morgan fingerprint density at radius 2 is 1.72 bits per heavy atom. The third-order valence-corrected chi connectivity index (χ3v) is 5.15. The summed E-state index contributed by atoms with van der Waals surface area (Å²) in [6, 6.07) is 21.2. The van der Waals surface area contributed by atoms with Gasteiger partial charge in [-0.15, -0.1) is 0 Å². The zero-order valence-corrected chi connectivity index (χ0v) is 16.2. The molecule has 1 aromatic heterocycles. The second-order valence-electron chi connectivity index (χ2n) is 6.60. The fourth-order valence-electron chi connectivity index (χ4n) is 3.38. The number of carbonyl (C=O) groups is 1. The van der Waals surface area contributed by atoms with Gasteiger partial charge in [-0.2, -0.15) is 0 Å². The number of amides is 1. The van der Waals surface area contributed by atoms with Crippen molar-refractivity contribution in [1.82, 2.24) is 4.98 Å². The molecule has 1 heterocycles. The van der Waals surface area contributed by atoms with E-state index in [-0.39, 0.29) is 5.88 Å². The van der Waals surface area contributed by atoms with Crippen molar-refractivity contribution in [3.05, 3.63) is 78.5 Å². The summed E-state index contributed by atoms with van der Waals surface area (Å²) < 4.78 is 19.7. The molecule has 146 valence electrons. The number of hydrogen-bond acceptors (Lipinski definition) is 3. The summed E-state index contributed by atoms with van der Waals surface area (Å²) in [5, 5.41) is 3.79. The maximum Gasteiger partial charge on any atom is 0.250 e. The fraction of sp³-hybridized carbons (Fsp3) is 0.0455. The average molecular weight is 405 g/mol. The highest BCUT2D eigenvalue weighted by molar-refractivity contribution is 7.79. The average Bonchev–Trinajstić information content (AvgIpc) is 3.16. The molecule has 0 spiro atoms. The second kappa shape index (κ2) is 7.90. The number of primary amides is 1. The number of rotatable bonds is 6. The van der Waals surface area contributed by atoms with Crippen molar-refractivity contribution in [3.8, 4) is 22.3 Å². The minimum Gasteiger partial charge on any atom is -0.372 e. The van der Waals surface area contributed by atoms with Gasteiger partial charge in [0, 0.05) is 22.8 Å². The smallest absolute Gasteiger partial charge is 0.250 e. The molecule has 0 fully saturated rings. The molecule has 1 atom stereocenters. The minimum atomic E-state index is -1.91. The predicted molar refractivity (Wildman–Crippen MR) is 117 cm³/mol. The van der Waals surface area contributed by atoms with Gasteiger partial charge in [0.25, 0.3) is 5.91 Å². The summed E-state index contributed by atoms with van der Waals surface area (Å²) in [6.07, 6.45) is 1.86. The largest absolute Gasteiger partial charge is 0.372 e. The van der Waals surface area contributed by atoms with Gasteiger partial charge in [-0.25, -0.2) is 4.21 Å². The summed E-state index contributed by atoms with van der Waals surface area (Å²) in [6.45, 7) is 0. The summed E-state index contributed by atoms with van der Waals surface area (Å²) >= 11 is -1.91. The SMILES string of the molecule is NC(=O)c1cc(-c2ccccc2)cc2c(-c3ccc(NCS(=O)O)cc3)c[nH]c12. The molecule has 0 aliphatic heterocycles. The number of benzene rings is 3. The molecule has 3 aromatic carbocycles. The molecule has 7 heteroatoms. The van der Waals surface area contributed by atoms with E-state index in [2.05, 4.69) is 10.3 Å². The van der Waals surface area contributed by atoms with Crippen LogP contribution in [-0.4, -0.2) is 25.5 Å². The van der Waals surface area contributed by atoms with Crippen molar-refractivity contribution in [2.24, 2.45) is 5.73 Å². The molecule has 5 N–H and O–H groups in total. The summed E-state index contributed by atoms with van der Waals surface area (Å²) in [7, 11) is 0. The number of nitrogens with one attached hydrogen (secondary N) is 2. The Labute approximate surface area is 170 Å². The maximum atomic E-state index is 12.1. The number of fused-ring (bicyclic) bond motifs is 1. The summed E-state index contributed by atoms with van der Waals surface area (Å²) in [4.78, 5) is 15.2. The number of nitrogens with two attached hydrogens (primary N) is 1. The van der Waals surface area contributed by atoms with Crippen LogP contribution in [0.2, 0.25) is 0 Å².